The van der Waals surface area contributed by atoms with Crippen molar-refractivity contribution < 1.29 is 5.11 Å². The Labute approximate surface area is 126 Å². The van der Waals surface area contributed by atoms with Gasteiger partial charge in [0.25, 0.3) is 0 Å². The summed E-state index contributed by atoms with van der Waals surface area (Å²) in [6, 6.07) is 0.555. The Balaban J connectivity index is 1.96. The predicted octanol–water partition coefficient (Wildman–Crippen LogP) is 2.60. The van der Waals surface area contributed by atoms with Crippen LogP contribution in [-0.2, 0) is 13.5 Å². The lowest BCUT2D eigenvalue weighted by Gasteiger charge is -2.36. The molecule has 2 N–H and O–H groups in total. The second-order valence-corrected chi connectivity index (χ2v) is 6.48. The van der Waals surface area contributed by atoms with Crippen LogP contribution in [0.25, 0.3) is 0 Å². The summed E-state index contributed by atoms with van der Waals surface area (Å²) in [6.45, 7) is 5.15. The molecule has 0 saturated heterocycles. The monoisotopic (exact) mass is 299 g/mol. The number of aryl methyl sites for hydroxylation is 2. The molecule has 1 fully saturated rings. The summed E-state index contributed by atoms with van der Waals surface area (Å²) in [4.78, 5) is 0. The van der Waals surface area contributed by atoms with Crippen molar-refractivity contribution >= 4 is 11.6 Å². The van der Waals surface area contributed by atoms with Crippen LogP contribution in [0.2, 0.25) is 5.02 Å². The fraction of sp³-hybridized carbons (Fsp3) is 0.800. The third-order valence-corrected chi connectivity index (χ3v) is 4.85. The van der Waals surface area contributed by atoms with Gasteiger partial charge in [-0.1, -0.05) is 18.5 Å². The zero-order chi connectivity index (χ0) is 14.8. The number of nitrogens with zero attached hydrogens (tertiary/aromatic N) is 2. The molecule has 2 rings (SSSR count). The van der Waals surface area contributed by atoms with Crippen molar-refractivity contribution in [1.29, 1.82) is 0 Å². The summed E-state index contributed by atoms with van der Waals surface area (Å²) in [7, 11) is 1.89. The zero-order valence-electron chi connectivity index (χ0n) is 12.7. The molecular formula is C15H26ClN3O. The van der Waals surface area contributed by atoms with Gasteiger partial charge in [-0.2, -0.15) is 5.10 Å². The second kappa shape index (κ2) is 6.46. The molecule has 0 bridgehead atoms. The summed E-state index contributed by atoms with van der Waals surface area (Å²) in [5.74, 6) is 0. The van der Waals surface area contributed by atoms with E-state index >= 15 is 0 Å². The Morgan fingerprint density at radius 1 is 1.45 bits per heavy atom. The van der Waals surface area contributed by atoms with E-state index in [1.807, 2.05) is 14.0 Å². The maximum atomic E-state index is 10.8. The van der Waals surface area contributed by atoms with Gasteiger partial charge in [0.05, 0.1) is 22.0 Å². The molecule has 0 spiro atoms. The highest BCUT2D eigenvalue weighted by atomic mass is 35.5. The average molecular weight is 300 g/mol. The SMILES string of the molecule is CCCNC1CCC(O)(Cc2c(Cl)c(C)nn2C)CC1. The first-order valence-corrected chi connectivity index (χ1v) is 7.97. The van der Waals surface area contributed by atoms with Gasteiger partial charge in [0.15, 0.2) is 0 Å². The van der Waals surface area contributed by atoms with Crippen molar-refractivity contribution in [2.75, 3.05) is 6.54 Å². The first-order valence-electron chi connectivity index (χ1n) is 7.59. The van der Waals surface area contributed by atoms with E-state index in [0.29, 0.717) is 17.5 Å². The van der Waals surface area contributed by atoms with Crippen molar-refractivity contribution in [3.63, 3.8) is 0 Å². The minimum absolute atomic E-state index is 0.555. The molecule has 1 aliphatic rings. The fourth-order valence-corrected chi connectivity index (χ4v) is 3.30. The minimum Gasteiger partial charge on any atom is -0.389 e. The molecule has 0 radical (unpaired) electrons. The topological polar surface area (TPSA) is 50.1 Å². The largest absolute Gasteiger partial charge is 0.389 e. The van der Waals surface area contributed by atoms with Gasteiger partial charge in [-0.3, -0.25) is 4.68 Å². The van der Waals surface area contributed by atoms with Crippen LogP contribution in [0.15, 0.2) is 0 Å². The highest BCUT2D eigenvalue weighted by Crippen LogP contribution is 2.33. The summed E-state index contributed by atoms with van der Waals surface area (Å²) in [6.07, 6.45) is 5.48. The Morgan fingerprint density at radius 3 is 2.60 bits per heavy atom. The highest BCUT2D eigenvalue weighted by molar-refractivity contribution is 6.31. The van der Waals surface area contributed by atoms with Gasteiger partial charge in [-0.15, -0.1) is 0 Å². The van der Waals surface area contributed by atoms with Gasteiger partial charge in [0, 0.05) is 19.5 Å². The molecule has 1 aromatic rings. The minimum atomic E-state index is -0.631. The van der Waals surface area contributed by atoms with E-state index < -0.39 is 5.60 Å². The lowest BCUT2D eigenvalue weighted by molar-refractivity contribution is -0.00452. The summed E-state index contributed by atoms with van der Waals surface area (Å²) in [5.41, 5.74) is 1.16. The first kappa shape index (κ1) is 15.8. The normalized spacial score (nSPS) is 26.9. The maximum absolute atomic E-state index is 10.8. The smallest absolute Gasteiger partial charge is 0.0848 e. The quantitative estimate of drug-likeness (QED) is 0.879. The molecule has 0 aliphatic heterocycles. The summed E-state index contributed by atoms with van der Waals surface area (Å²) >= 11 is 6.29. The van der Waals surface area contributed by atoms with Crippen molar-refractivity contribution in [3.8, 4) is 0 Å². The van der Waals surface area contributed by atoms with E-state index in [4.69, 9.17) is 11.6 Å². The van der Waals surface area contributed by atoms with Crippen molar-refractivity contribution in [3.05, 3.63) is 16.4 Å². The van der Waals surface area contributed by atoms with E-state index in [1.165, 1.54) is 0 Å². The number of halogens is 1. The Bertz CT molecular complexity index is 450. The van der Waals surface area contributed by atoms with Crippen LogP contribution in [0.1, 0.15) is 50.4 Å². The van der Waals surface area contributed by atoms with Crippen LogP contribution >= 0.6 is 11.6 Å². The van der Waals surface area contributed by atoms with Crippen LogP contribution < -0.4 is 5.32 Å². The predicted molar refractivity (Wildman–Crippen MR) is 82.2 cm³/mol. The van der Waals surface area contributed by atoms with Crippen LogP contribution in [0.3, 0.4) is 0 Å². The number of aromatic nitrogens is 2. The third-order valence-electron chi connectivity index (χ3n) is 4.36. The third kappa shape index (κ3) is 3.54. The average Bonchev–Trinajstić information content (AvgIpc) is 2.65. The van der Waals surface area contributed by atoms with Gasteiger partial charge < -0.3 is 10.4 Å². The standard InChI is InChI=1S/C15H26ClN3O/c1-4-9-17-12-5-7-15(20,8-6-12)10-13-14(16)11(2)18-19(13)3/h12,17,20H,4-10H2,1-3H3. The Kier molecular flexibility index (Phi) is 5.10. The van der Waals surface area contributed by atoms with Crippen molar-refractivity contribution in [1.82, 2.24) is 15.1 Å². The maximum Gasteiger partial charge on any atom is 0.0848 e. The molecule has 5 heteroatoms. The second-order valence-electron chi connectivity index (χ2n) is 6.10. The molecule has 1 aliphatic carbocycles. The van der Waals surface area contributed by atoms with Crippen LogP contribution in [0.4, 0.5) is 0 Å². The van der Waals surface area contributed by atoms with Crippen LogP contribution in [-0.4, -0.2) is 33.1 Å². The molecule has 0 aromatic carbocycles. The Morgan fingerprint density at radius 2 is 2.10 bits per heavy atom. The lowest BCUT2D eigenvalue weighted by atomic mass is 9.79. The van der Waals surface area contributed by atoms with Gasteiger partial charge in [0.2, 0.25) is 0 Å². The van der Waals surface area contributed by atoms with Crippen molar-refractivity contribution in [2.45, 2.75) is 64.0 Å². The van der Waals surface area contributed by atoms with Crippen molar-refractivity contribution in [2.24, 2.45) is 7.05 Å². The lowest BCUT2D eigenvalue weighted by Crippen LogP contribution is -2.43. The number of aliphatic hydroxyl groups is 1. The molecule has 0 amide bonds. The number of hydrogen-bond donors (Lipinski definition) is 2. The molecule has 0 atom stereocenters. The van der Waals surface area contributed by atoms with Crippen LogP contribution in [0.5, 0.6) is 0 Å². The molecule has 4 nitrogen and oxygen atoms in total. The zero-order valence-corrected chi connectivity index (χ0v) is 13.5. The fourth-order valence-electron chi connectivity index (χ4n) is 3.07. The van der Waals surface area contributed by atoms with Gasteiger partial charge in [0.1, 0.15) is 0 Å². The summed E-state index contributed by atoms with van der Waals surface area (Å²) < 4.78 is 1.80. The first-order chi connectivity index (χ1) is 9.45. The molecule has 0 unspecified atom stereocenters. The van der Waals surface area contributed by atoms with Gasteiger partial charge in [-0.25, -0.2) is 0 Å². The van der Waals surface area contributed by atoms with Gasteiger partial charge in [-0.05, 0) is 45.6 Å². The molecule has 1 heterocycles. The number of rotatable bonds is 5. The number of nitrogens with one attached hydrogen (secondary N) is 1. The van der Waals surface area contributed by atoms with E-state index in [9.17, 15) is 5.11 Å². The summed E-state index contributed by atoms with van der Waals surface area (Å²) in [5, 5.41) is 19.4. The van der Waals surface area contributed by atoms with E-state index in [2.05, 4.69) is 17.3 Å². The van der Waals surface area contributed by atoms with Gasteiger partial charge >= 0.3 is 0 Å². The van der Waals surface area contributed by atoms with E-state index in [0.717, 1.165) is 50.0 Å². The molecule has 1 aromatic heterocycles. The highest BCUT2D eigenvalue weighted by Gasteiger charge is 2.34. The molecule has 114 valence electrons. The molecular weight excluding hydrogens is 274 g/mol. The van der Waals surface area contributed by atoms with Crippen LogP contribution in [0, 0.1) is 6.92 Å². The number of hydrogen-bond acceptors (Lipinski definition) is 3. The molecule has 20 heavy (non-hydrogen) atoms. The molecule has 1 saturated carbocycles. The Hall–Kier alpha value is -0.580. The van der Waals surface area contributed by atoms with E-state index in [-0.39, 0.29) is 0 Å². The van der Waals surface area contributed by atoms with E-state index in [1.54, 1.807) is 4.68 Å².